The molecule has 0 radical (unpaired) electrons. The smallest absolute Gasteiger partial charge is 0.142 e. The molecule has 0 aromatic heterocycles. The van der Waals surface area contributed by atoms with Crippen molar-refractivity contribution in [3.63, 3.8) is 0 Å². The van der Waals surface area contributed by atoms with Crippen LogP contribution >= 0.6 is 11.6 Å². The normalized spacial score (nSPS) is 20.0. The van der Waals surface area contributed by atoms with Crippen molar-refractivity contribution >= 4 is 11.6 Å². The van der Waals surface area contributed by atoms with Gasteiger partial charge in [0.05, 0.1) is 5.02 Å². The molecule has 1 aliphatic rings. The Bertz CT molecular complexity index is 413. The first-order chi connectivity index (χ1) is 8.57. The summed E-state index contributed by atoms with van der Waals surface area (Å²) in [5.74, 6) is -0.319. The molecule has 3 heteroatoms. The fraction of sp³-hybridized carbons (Fsp3) is 0.600. The van der Waals surface area contributed by atoms with Crippen LogP contribution in [0, 0.1) is 11.2 Å². The van der Waals surface area contributed by atoms with E-state index in [-0.39, 0.29) is 10.8 Å². The van der Waals surface area contributed by atoms with Gasteiger partial charge in [0, 0.05) is 6.04 Å². The zero-order valence-electron chi connectivity index (χ0n) is 11.1. The van der Waals surface area contributed by atoms with E-state index in [1.165, 1.54) is 31.7 Å². The fourth-order valence-corrected chi connectivity index (χ4v) is 3.36. The first-order valence-corrected chi connectivity index (χ1v) is 7.05. The van der Waals surface area contributed by atoms with Gasteiger partial charge in [-0.1, -0.05) is 43.5 Å². The minimum absolute atomic E-state index is 0.277. The first kappa shape index (κ1) is 13.8. The zero-order valence-corrected chi connectivity index (χ0v) is 11.9. The highest BCUT2D eigenvalue weighted by Gasteiger charge is 2.36. The number of nitrogens with one attached hydrogen (secondary N) is 1. The van der Waals surface area contributed by atoms with Gasteiger partial charge in [-0.05, 0) is 43.4 Å². The van der Waals surface area contributed by atoms with Gasteiger partial charge in [0.2, 0.25) is 0 Å². The van der Waals surface area contributed by atoms with Gasteiger partial charge >= 0.3 is 0 Å². The molecule has 18 heavy (non-hydrogen) atoms. The molecule has 1 aromatic carbocycles. The Morgan fingerprint density at radius 1 is 1.39 bits per heavy atom. The number of rotatable bonds is 4. The standard InChI is InChI=1S/C15H21ClFN/c1-15(8-3-4-9-15)13(18-2)10-11-6-5-7-12(17)14(11)16/h5-7,13,18H,3-4,8-10H2,1-2H3. The molecule has 1 nitrogen and oxygen atoms in total. The summed E-state index contributed by atoms with van der Waals surface area (Å²) in [5.41, 5.74) is 1.22. The molecule has 0 spiro atoms. The minimum Gasteiger partial charge on any atom is -0.316 e. The third-order valence-electron chi connectivity index (χ3n) is 4.39. The maximum Gasteiger partial charge on any atom is 0.142 e. The molecule has 1 unspecified atom stereocenters. The van der Waals surface area contributed by atoms with Crippen LogP contribution in [0.2, 0.25) is 5.02 Å². The van der Waals surface area contributed by atoms with Crippen LogP contribution in [0.3, 0.4) is 0 Å². The Kier molecular flexibility index (Phi) is 4.29. The van der Waals surface area contributed by atoms with Crippen molar-refractivity contribution in [3.05, 3.63) is 34.6 Å². The molecule has 2 rings (SSSR count). The maximum absolute atomic E-state index is 13.5. The van der Waals surface area contributed by atoms with Crippen molar-refractivity contribution < 1.29 is 4.39 Å². The Balaban J connectivity index is 2.17. The third kappa shape index (κ3) is 2.70. The molecule has 1 N–H and O–H groups in total. The van der Waals surface area contributed by atoms with Crippen LogP contribution in [0.4, 0.5) is 4.39 Å². The Morgan fingerprint density at radius 3 is 2.67 bits per heavy atom. The molecule has 1 aliphatic carbocycles. The van der Waals surface area contributed by atoms with Crippen molar-refractivity contribution in [3.8, 4) is 0 Å². The Morgan fingerprint density at radius 2 is 2.06 bits per heavy atom. The van der Waals surface area contributed by atoms with Crippen LogP contribution in [0.25, 0.3) is 0 Å². The lowest BCUT2D eigenvalue weighted by Gasteiger charge is -2.34. The molecular weight excluding hydrogens is 249 g/mol. The van der Waals surface area contributed by atoms with E-state index in [0.29, 0.717) is 11.5 Å². The SMILES string of the molecule is CNC(Cc1cccc(F)c1Cl)C1(C)CCCC1. The highest BCUT2D eigenvalue weighted by Crippen LogP contribution is 2.41. The summed E-state index contributed by atoms with van der Waals surface area (Å²) in [7, 11) is 1.99. The van der Waals surface area contributed by atoms with Crippen LogP contribution in [-0.4, -0.2) is 13.1 Å². The Labute approximate surface area is 114 Å². The molecular formula is C15H21ClFN. The molecule has 0 saturated heterocycles. The summed E-state index contributed by atoms with van der Waals surface area (Å²) in [6.07, 6.45) is 5.87. The maximum atomic E-state index is 13.5. The zero-order chi connectivity index (χ0) is 13.2. The average molecular weight is 270 g/mol. The minimum atomic E-state index is -0.319. The highest BCUT2D eigenvalue weighted by molar-refractivity contribution is 6.31. The van der Waals surface area contributed by atoms with E-state index in [4.69, 9.17) is 11.6 Å². The first-order valence-electron chi connectivity index (χ1n) is 6.67. The number of hydrogen-bond acceptors (Lipinski definition) is 1. The molecule has 1 saturated carbocycles. The molecule has 0 bridgehead atoms. The number of hydrogen-bond donors (Lipinski definition) is 1. The van der Waals surface area contributed by atoms with Crippen molar-refractivity contribution in [2.24, 2.45) is 5.41 Å². The van der Waals surface area contributed by atoms with Crippen LogP contribution in [0.15, 0.2) is 18.2 Å². The van der Waals surface area contributed by atoms with E-state index in [1.54, 1.807) is 6.07 Å². The van der Waals surface area contributed by atoms with Crippen molar-refractivity contribution in [2.45, 2.75) is 45.1 Å². The van der Waals surface area contributed by atoms with Crippen LogP contribution in [0.5, 0.6) is 0 Å². The fourth-order valence-electron chi connectivity index (χ4n) is 3.15. The summed E-state index contributed by atoms with van der Waals surface area (Å²) in [4.78, 5) is 0. The molecule has 0 heterocycles. The predicted molar refractivity (Wildman–Crippen MR) is 74.5 cm³/mol. The van der Waals surface area contributed by atoms with Gasteiger partial charge in [0.25, 0.3) is 0 Å². The van der Waals surface area contributed by atoms with Crippen LogP contribution in [-0.2, 0) is 6.42 Å². The van der Waals surface area contributed by atoms with Gasteiger partial charge in [-0.3, -0.25) is 0 Å². The summed E-state index contributed by atoms with van der Waals surface area (Å²) in [5, 5.41) is 3.68. The quantitative estimate of drug-likeness (QED) is 0.864. The van der Waals surface area contributed by atoms with E-state index in [1.807, 2.05) is 13.1 Å². The summed E-state index contributed by atoms with van der Waals surface area (Å²) >= 11 is 6.04. The average Bonchev–Trinajstić information content (AvgIpc) is 2.79. The van der Waals surface area contributed by atoms with E-state index in [0.717, 1.165) is 12.0 Å². The lowest BCUT2D eigenvalue weighted by atomic mass is 9.78. The molecule has 1 fully saturated rings. The summed E-state index contributed by atoms with van der Waals surface area (Å²) in [6.45, 7) is 2.33. The van der Waals surface area contributed by atoms with Crippen molar-refractivity contribution in [1.29, 1.82) is 0 Å². The van der Waals surface area contributed by atoms with Crippen molar-refractivity contribution in [1.82, 2.24) is 5.32 Å². The van der Waals surface area contributed by atoms with Gasteiger partial charge in [-0.2, -0.15) is 0 Å². The largest absolute Gasteiger partial charge is 0.316 e. The van der Waals surface area contributed by atoms with Gasteiger partial charge < -0.3 is 5.32 Å². The van der Waals surface area contributed by atoms with Gasteiger partial charge in [-0.25, -0.2) is 4.39 Å². The summed E-state index contributed by atoms with van der Waals surface area (Å²) < 4.78 is 13.5. The van der Waals surface area contributed by atoms with Gasteiger partial charge in [-0.15, -0.1) is 0 Å². The third-order valence-corrected chi connectivity index (χ3v) is 4.81. The van der Waals surface area contributed by atoms with E-state index in [2.05, 4.69) is 12.2 Å². The second-order valence-corrected chi connectivity index (χ2v) is 6.00. The van der Waals surface area contributed by atoms with Crippen LogP contribution in [0.1, 0.15) is 38.2 Å². The monoisotopic (exact) mass is 269 g/mol. The molecule has 0 amide bonds. The predicted octanol–water partition coefficient (Wildman–Crippen LogP) is 4.19. The molecule has 1 aromatic rings. The van der Waals surface area contributed by atoms with Gasteiger partial charge in [0.1, 0.15) is 5.82 Å². The lowest BCUT2D eigenvalue weighted by Crippen LogP contribution is -2.42. The number of benzene rings is 1. The topological polar surface area (TPSA) is 12.0 Å². The second kappa shape index (κ2) is 5.58. The number of halogens is 2. The molecule has 1 atom stereocenters. The van der Waals surface area contributed by atoms with E-state index >= 15 is 0 Å². The summed E-state index contributed by atoms with van der Waals surface area (Å²) in [6, 6.07) is 5.44. The Hall–Kier alpha value is -0.600. The second-order valence-electron chi connectivity index (χ2n) is 5.62. The molecule has 0 aliphatic heterocycles. The van der Waals surface area contributed by atoms with E-state index in [9.17, 15) is 4.39 Å². The molecule has 100 valence electrons. The van der Waals surface area contributed by atoms with Crippen LogP contribution < -0.4 is 5.32 Å². The van der Waals surface area contributed by atoms with Gasteiger partial charge in [0.15, 0.2) is 0 Å². The lowest BCUT2D eigenvalue weighted by molar-refractivity contribution is 0.229. The highest BCUT2D eigenvalue weighted by atomic mass is 35.5. The van der Waals surface area contributed by atoms with Crippen molar-refractivity contribution in [2.75, 3.05) is 7.05 Å². The number of likely N-dealkylation sites (N-methyl/N-ethyl adjacent to an activating group) is 1. The van der Waals surface area contributed by atoms with E-state index < -0.39 is 0 Å².